The second kappa shape index (κ2) is 5.04. The zero-order chi connectivity index (χ0) is 9.68. The lowest BCUT2D eigenvalue weighted by molar-refractivity contribution is 0.229. The largest absolute Gasteiger partial charge is 0.469 e. The van der Waals surface area contributed by atoms with Gasteiger partial charge in [0, 0.05) is 18.5 Å². The SMILES string of the molecule is CC(C)N[C@H](CO)Cc1ccco1. The van der Waals surface area contributed by atoms with E-state index in [1.54, 1.807) is 6.26 Å². The van der Waals surface area contributed by atoms with E-state index in [-0.39, 0.29) is 12.6 Å². The van der Waals surface area contributed by atoms with Gasteiger partial charge in [0.15, 0.2) is 0 Å². The van der Waals surface area contributed by atoms with Gasteiger partial charge in [-0.05, 0) is 12.1 Å². The zero-order valence-corrected chi connectivity index (χ0v) is 8.16. The smallest absolute Gasteiger partial charge is 0.105 e. The molecular formula is C10H17NO2. The van der Waals surface area contributed by atoms with E-state index >= 15 is 0 Å². The van der Waals surface area contributed by atoms with Crippen LogP contribution in [0.5, 0.6) is 0 Å². The summed E-state index contributed by atoms with van der Waals surface area (Å²) in [5.41, 5.74) is 0. The molecule has 0 amide bonds. The summed E-state index contributed by atoms with van der Waals surface area (Å²) in [6.45, 7) is 4.26. The lowest BCUT2D eigenvalue weighted by Crippen LogP contribution is -2.38. The highest BCUT2D eigenvalue weighted by molar-refractivity contribution is 5.00. The number of nitrogens with one attached hydrogen (secondary N) is 1. The van der Waals surface area contributed by atoms with Gasteiger partial charge in [0.2, 0.25) is 0 Å². The summed E-state index contributed by atoms with van der Waals surface area (Å²) in [5.74, 6) is 0.909. The molecule has 0 aromatic carbocycles. The van der Waals surface area contributed by atoms with E-state index in [1.165, 1.54) is 0 Å². The van der Waals surface area contributed by atoms with E-state index in [2.05, 4.69) is 19.2 Å². The average molecular weight is 183 g/mol. The summed E-state index contributed by atoms with van der Waals surface area (Å²) >= 11 is 0. The van der Waals surface area contributed by atoms with Crippen LogP contribution in [-0.2, 0) is 6.42 Å². The van der Waals surface area contributed by atoms with Crippen molar-refractivity contribution in [3.63, 3.8) is 0 Å². The molecule has 13 heavy (non-hydrogen) atoms. The second-order valence-corrected chi connectivity index (χ2v) is 3.48. The summed E-state index contributed by atoms with van der Waals surface area (Å²) in [6.07, 6.45) is 2.39. The number of aliphatic hydroxyl groups excluding tert-OH is 1. The monoisotopic (exact) mass is 183 g/mol. The molecule has 0 saturated heterocycles. The van der Waals surface area contributed by atoms with Crippen molar-refractivity contribution in [2.45, 2.75) is 32.4 Å². The number of hydrogen-bond acceptors (Lipinski definition) is 3. The summed E-state index contributed by atoms with van der Waals surface area (Å²) in [6, 6.07) is 4.25. The van der Waals surface area contributed by atoms with Crippen molar-refractivity contribution in [3.8, 4) is 0 Å². The van der Waals surface area contributed by atoms with Crippen LogP contribution in [0, 0.1) is 0 Å². The first kappa shape index (κ1) is 10.3. The molecule has 3 heteroatoms. The third-order valence-electron chi connectivity index (χ3n) is 1.82. The third-order valence-corrected chi connectivity index (χ3v) is 1.82. The highest BCUT2D eigenvalue weighted by atomic mass is 16.3. The molecule has 0 saturated carbocycles. The molecule has 1 aromatic heterocycles. The van der Waals surface area contributed by atoms with Gasteiger partial charge in [-0.1, -0.05) is 13.8 Å². The van der Waals surface area contributed by atoms with E-state index in [1.807, 2.05) is 12.1 Å². The Labute approximate surface area is 78.8 Å². The van der Waals surface area contributed by atoms with Crippen LogP contribution >= 0.6 is 0 Å². The van der Waals surface area contributed by atoms with Crippen LogP contribution < -0.4 is 5.32 Å². The Morgan fingerprint density at radius 2 is 2.31 bits per heavy atom. The van der Waals surface area contributed by atoms with Crippen molar-refractivity contribution in [3.05, 3.63) is 24.2 Å². The minimum atomic E-state index is 0.0890. The van der Waals surface area contributed by atoms with Gasteiger partial charge in [0.05, 0.1) is 12.9 Å². The number of rotatable bonds is 5. The first-order chi connectivity index (χ1) is 6.22. The molecule has 3 nitrogen and oxygen atoms in total. The maximum absolute atomic E-state index is 9.07. The molecule has 0 bridgehead atoms. The first-order valence-electron chi connectivity index (χ1n) is 4.61. The third kappa shape index (κ3) is 3.61. The van der Waals surface area contributed by atoms with Crippen molar-refractivity contribution in [2.24, 2.45) is 0 Å². The Kier molecular flexibility index (Phi) is 3.99. The van der Waals surface area contributed by atoms with Gasteiger partial charge in [-0.15, -0.1) is 0 Å². The molecule has 0 aliphatic carbocycles. The molecule has 0 aliphatic rings. The van der Waals surface area contributed by atoms with Crippen molar-refractivity contribution < 1.29 is 9.52 Å². The molecule has 0 spiro atoms. The first-order valence-corrected chi connectivity index (χ1v) is 4.61. The average Bonchev–Trinajstić information content (AvgIpc) is 2.55. The molecule has 1 rings (SSSR count). The molecule has 1 aromatic rings. The van der Waals surface area contributed by atoms with Gasteiger partial charge < -0.3 is 14.8 Å². The molecule has 74 valence electrons. The van der Waals surface area contributed by atoms with Gasteiger partial charge >= 0.3 is 0 Å². The van der Waals surface area contributed by atoms with Gasteiger partial charge in [-0.2, -0.15) is 0 Å². The summed E-state index contributed by atoms with van der Waals surface area (Å²) < 4.78 is 5.20. The second-order valence-electron chi connectivity index (χ2n) is 3.48. The van der Waals surface area contributed by atoms with E-state index in [0.717, 1.165) is 12.2 Å². The van der Waals surface area contributed by atoms with Crippen molar-refractivity contribution in [2.75, 3.05) is 6.61 Å². The molecule has 0 unspecified atom stereocenters. The Balaban J connectivity index is 2.40. The minimum absolute atomic E-state index is 0.0890. The van der Waals surface area contributed by atoms with Crippen LogP contribution in [-0.4, -0.2) is 23.8 Å². The molecule has 0 aliphatic heterocycles. The van der Waals surface area contributed by atoms with Crippen LogP contribution in [0.15, 0.2) is 22.8 Å². The van der Waals surface area contributed by atoms with E-state index < -0.39 is 0 Å². The Hall–Kier alpha value is -0.800. The van der Waals surface area contributed by atoms with Gasteiger partial charge in [-0.25, -0.2) is 0 Å². The van der Waals surface area contributed by atoms with Crippen LogP contribution in [0.25, 0.3) is 0 Å². The maximum atomic E-state index is 9.07. The predicted octanol–water partition coefficient (Wildman–Crippen LogP) is 1.18. The molecular weight excluding hydrogens is 166 g/mol. The predicted molar refractivity (Wildman–Crippen MR) is 51.6 cm³/mol. The molecule has 0 fully saturated rings. The molecule has 2 N–H and O–H groups in total. The van der Waals surface area contributed by atoms with E-state index in [9.17, 15) is 0 Å². The highest BCUT2D eigenvalue weighted by Gasteiger charge is 2.10. The minimum Gasteiger partial charge on any atom is -0.469 e. The van der Waals surface area contributed by atoms with Gasteiger partial charge in [-0.3, -0.25) is 0 Å². The summed E-state index contributed by atoms with van der Waals surface area (Å²) in [7, 11) is 0. The van der Waals surface area contributed by atoms with Gasteiger partial charge in [0.25, 0.3) is 0 Å². The summed E-state index contributed by atoms with van der Waals surface area (Å²) in [4.78, 5) is 0. The normalized spacial score (nSPS) is 13.5. The highest BCUT2D eigenvalue weighted by Crippen LogP contribution is 2.04. The topological polar surface area (TPSA) is 45.4 Å². The number of furan rings is 1. The maximum Gasteiger partial charge on any atom is 0.105 e. The zero-order valence-electron chi connectivity index (χ0n) is 8.16. The van der Waals surface area contributed by atoms with Crippen LogP contribution in [0.4, 0.5) is 0 Å². The number of aliphatic hydroxyl groups is 1. The fourth-order valence-electron chi connectivity index (χ4n) is 1.32. The van der Waals surface area contributed by atoms with Crippen LogP contribution in [0.3, 0.4) is 0 Å². The lowest BCUT2D eigenvalue weighted by atomic mass is 10.1. The van der Waals surface area contributed by atoms with E-state index in [4.69, 9.17) is 9.52 Å². The Morgan fingerprint density at radius 1 is 1.54 bits per heavy atom. The van der Waals surface area contributed by atoms with Gasteiger partial charge in [0.1, 0.15) is 5.76 Å². The van der Waals surface area contributed by atoms with Crippen LogP contribution in [0.1, 0.15) is 19.6 Å². The molecule has 1 atom stereocenters. The lowest BCUT2D eigenvalue weighted by Gasteiger charge is -2.17. The standard InChI is InChI=1S/C10H17NO2/c1-8(2)11-9(7-12)6-10-4-3-5-13-10/h3-5,8-9,11-12H,6-7H2,1-2H3/t9-/m0/s1. The summed E-state index contributed by atoms with van der Waals surface area (Å²) in [5, 5.41) is 12.3. The Bertz CT molecular complexity index is 219. The molecule has 1 heterocycles. The Morgan fingerprint density at radius 3 is 2.77 bits per heavy atom. The quantitative estimate of drug-likeness (QED) is 0.720. The van der Waals surface area contributed by atoms with Crippen LogP contribution in [0.2, 0.25) is 0 Å². The fourth-order valence-corrected chi connectivity index (χ4v) is 1.32. The van der Waals surface area contributed by atoms with E-state index in [0.29, 0.717) is 6.04 Å². The number of hydrogen-bond donors (Lipinski definition) is 2. The fraction of sp³-hybridized carbons (Fsp3) is 0.600. The van der Waals surface area contributed by atoms with Crippen molar-refractivity contribution in [1.29, 1.82) is 0 Å². The van der Waals surface area contributed by atoms with Crippen molar-refractivity contribution >= 4 is 0 Å². The molecule has 0 radical (unpaired) electrons. The van der Waals surface area contributed by atoms with Crippen molar-refractivity contribution in [1.82, 2.24) is 5.32 Å².